The van der Waals surface area contributed by atoms with Gasteiger partial charge in [-0.15, -0.1) is 0 Å². The number of sulfonamides is 1. The standard InChI is InChI=1S/C17H17NO5S/c1-3-17(2)16(19)14(13-5-4-10-22-13)15(23-17)11-6-8-12(9-7-11)24(18,20)21/h4-10H,3H2,1-2H3,(H2,18,20,21). The number of ether oxygens (including phenoxy) is 1. The molecule has 3 rings (SSSR count). The van der Waals surface area contributed by atoms with E-state index in [4.69, 9.17) is 14.3 Å². The van der Waals surface area contributed by atoms with Crippen LogP contribution >= 0.6 is 0 Å². The van der Waals surface area contributed by atoms with E-state index in [2.05, 4.69) is 0 Å². The minimum Gasteiger partial charge on any atom is -0.478 e. The molecule has 24 heavy (non-hydrogen) atoms. The second-order valence-electron chi connectivity index (χ2n) is 5.77. The molecule has 0 spiro atoms. The lowest BCUT2D eigenvalue weighted by atomic mass is 9.92. The average molecular weight is 347 g/mol. The molecule has 7 heteroatoms. The maximum Gasteiger partial charge on any atom is 0.238 e. The van der Waals surface area contributed by atoms with E-state index in [9.17, 15) is 13.2 Å². The molecule has 0 amide bonds. The highest BCUT2D eigenvalue weighted by molar-refractivity contribution is 7.89. The fourth-order valence-corrected chi connectivity index (χ4v) is 3.08. The van der Waals surface area contributed by atoms with Crippen LogP contribution < -0.4 is 5.14 Å². The van der Waals surface area contributed by atoms with E-state index in [1.54, 1.807) is 31.2 Å². The first-order chi connectivity index (χ1) is 11.3. The molecule has 1 aromatic heterocycles. The molecule has 0 bridgehead atoms. The summed E-state index contributed by atoms with van der Waals surface area (Å²) in [5.74, 6) is 0.633. The van der Waals surface area contributed by atoms with Gasteiger partial charge in [-0.1, -0.05) is 6.92 Å². The number of carbonyl (C=O) groups is 1. The molecule has 0 radical (unpaired) electrons. The fourth-order valence-electron chi connectivity index (χ4n) is 2.57. The Bertz CT molecular complexity index is 910. The van der Waals surface area contributed by atoms with Crippen molar-refractivity contribution in [1.29, 1.82) is 0 Å². The molecule has 2 heterocycles. The Hall–Kier alpha value is -2.38. The second kappa shape index (κ2) is 5.61. The summed E-state index contributed by atoms with van der Waals surface area (Å²) in [6.45, 7) is 3.59. The number of rotatable bonds is 4. The molecule has 0 aliphatic carbocycles. The van der Waals surface area contributed by atoms with Gasteiger partial charge >= 0.3 is 0 Å². The number of carbonyl (C=O) groups excluding carboxylic acids is 1. The number of nitrogens with two attached hydrogens (primary N) is 1. The van der Waals surface area contributed by atoms with Gasteiger partial charge in [0.2, 0.25) is 15.8 Å². The third kappa shape index (κ3) is 2.65. The number of furan rings is 1. The molecule has 0 fully saturated rings. The van der Waals surface area contributed by atoms with Crippen LogP contribution in [-0.4, -0.2) is 19.8 Å². The Morgan fingerprint density at radius 3 is 2.33 bits per heavy atom. The Balaban J connectivity index is 2.13. The van der Waals surface area contributed by atoms with Gasteiger partial charge in [0, 0.05) is 5.56 Å². The monoisotopic (exact) mass is 347 g/mol. The summed E-state index contributed by atoms with van der Waals surface area (Å²) < 4.78 is 34.1. The predicted molar refractivity (Wildman–Crippen MR) is 88.1 cm³/mol. The quantitative estimate of drug-likeness (QED) is 0.916. The molecule has 1 aliphatic rings. The largest absolute Gasteiger partial charge is 0.478 e. The van der Waals surface area contributed by atoms with Gasteiger partial charge in [0.05, 0.1) is 11.2 Å². The third-order valence-corrected chi connectivity index (χ3v) is 5.08. The van der Waals surface area contributed by atoms with Crippen LogP contribution in [-0.2, 0) is 19.6 Å². The highest BCUT2D eigenvalue weighted by atomic mass is 32.2. The van der Waals surface area contributed by atoms with Crippen molar-refractivity contribution in [2.75, 3.05) is 0 Å². The van der Waals surface area contributed by atoms with Gasteiger partial charge in [-0.2, -0.15) is 0 Å². The maximum atomic E-state index is 12.8. The molecule has 0 saturated heterocycles. The van der Waals surface area contributed by atoms with Gasteiger partial charge in [-0.05, 0) is 49.7 Å². The molecule has 1 aromatic carbocycles. The van der Waals surface area contributed by atoms with E-state index >= 15 is 0 Å². The Labute approximate surface area is 140 Å². The minimum absolute atomic E-state index is 0.00558. The van der Waals surface area contributed by atoms with E-state index in [-0.39, 0.29) is 10.7 Å². The van der Waals surface area contributed by atoms with Gasteiger partial charge in [0.1, 0.15) is 17.1 Å². The lowest BCUT2D eigenvalue weighted by Crippen LogP contribution is -2.32. The summed E-state index contributed by atoms with van der Waals surface area (Å²) in [6.07, 6.45) is 1.98. The zero-order chi connectivity index (χ0) is 17.5. The smallest absolute Gasteiger partial charge is 0.238 e. The van der Waals surface area contributed by atoms with E-state index < -0.39 is 15.6 Å². The van der Waals surface area contributed by atoms with Crippen LogP contribution in [0.25, 0.3) is 11.3 Å². The Morgan fingerprint density at radius 2 is 1.83 bits per heavy atom. The third-order valence-electron chi connectivity index (χ3n) is 4.15. The summed E-state index contributed by atoms with van der Waals surface area (Å²) in [5.41, 5.74) is -0.0391. The number of primary sulfonamides is 1. The molecule has 2 N–H and O–H groups in total. The van der Waals surface area contributed by atoms with Crippen molar-refractivity contribution in [3.05, 3.63) is 54.0 Å². The zero-order valence-corrected chi connectivity index (χ0v) is 14.1. The van der Waals surface area contributed by atoms with Crippen LogP contribution in [0, 0.1) is 0 Å². The number of hydrogen-bond donors (Lipinski definition) is 1. The van der Waals surface area contributed by atoms with Crippen LogP contribution in [0.5, 0.6) is 0 Å². The maximum absolute atomic E-state index is 12.8. The number of benzene rings is 1. The minimum atomic E-state index is -3.78. The summed E-state index contributed by atoms with van der Waals surface area (Å²) in [5, 5.41) is 5.11. The first-order valence-electron chi connectivity index (χ1n) is 7.41. The topological polar surface area (TPSA) is 99.6 Å². The van der Waals surface area contributed by atoms with E-state index in [1.807, 2.05) is 6.92 Å². The van der Waals surface area contributed by atoms with Gasteiger partial charge in [0.15, 0.2) is 5.60 Å². The lowest BCUT2D eigenvalue weighted by Gasteiger charge is -2.21. The summed E-state index contributed by atoms with van der Waals surface area (Å²) in [4.78, 5) is 12.8. The predicted octanol–water partition coefficient (Wildman–Crippen LogP) is 2.56. The Kier molecular flexibility index (Phi) is 3.85. The molecule has 1 aliphatic heterocycles. The van der Waals surface area contributed by atoms with Crippen molar-refractivity contribution in [3.63, 3.8) is 0 Å². The SMILES string of the molecule is CCC1(C)OC(c2ccc(S(N)(=O)=O)cc2)=C(c2ccco2)C1=O. The molecule has 0 saturated carbocycles. The van der Waals surface area contributed by atoms with E-state index in [1.165, 1.54) is 18.4 Å². The van der Waals surface area contributed by atoms with Crippen molar-refractivity contribution >= 4 is 27.1 Å². The zero-order valence-electron chi connectivity index (χ0n) is 13.3. The molecule has 2 aromatic rings. The number of hydrogen-bond acceptors (Lipinski definition) is 5. The first-order valence-corrected chi connectivity index (χ1v) is 8.96. The van der Waals surface area contributed by atoms with Crippen molar-refractivity contribution in [1.82, 2.24) is 0 Å². The van der Waals surface area contributed by atoms with Crippen molar-refractivity contribution in [2.45, 2.75) is 30.8 Å². The van der Waals surface area contributed by atoms with Crippen molar-refractivity contribution in [2.24, 2.45) is 5.14 Å². The molecule has 6 nitrogen and oxygen atoms in total. The van der Waals surface area contributed by atoms with Crippen LogP contribution in [0.2, 0.25) is 0 Å². The summed E-state index contributed by atoms with van der Waals surface area (Å²) in [7, 11) is -3.78. The van der Waals surface area contributed by atoms with E-state index in [0.29, 0.717) is 29.1 Å². The molecule has 1 unspecified atom stereocenters. The van der Waals surface area contributed by atoms with Crippen molar-refractivity contribution < 1.29 is 22.4 Å². The lowest BCUT2D eigenvalue weighted by molar-refractivity contribution is -0.126. The van der Waals surface area contributed by atoms with Crippen LogP contribution in [0.3, 0.4) is 0 Å². The van der Waals surface area contributed by atoms with Gasteiger partial charge < -0.3 is 9.15 Å². The number of ketones is 1. The molecular formula is C17H17NO5S. The summed E-state index contributed by atoms with van der Waals surface area (Å²) in [6, 6.07) is 9.27. The first kappa shape index (κ1) is 16.5. The van der Waals surface area contributed by atoms with Crippen LogP contribution in [0.15, 0.2) is 52.0 Å². The Morgan fingerprint density at radius 1 is 1.17 bits per heavy atom. The molecule has 126 valence electrons. The van der Waals surface area contributed by atoms with Crippen LogP contribution in [0.1, 0.15) is 31.6 Å². The van der Waals surface area contributed by atoms with Gasteiger partial charge in [-0.3, -0.25) is 4.79 Å². The second-order valence-corrected chi connectivity index (χ2v) is 7.33. The van der Waals surface area contributed by atoms with Gasteiger partial charge in [0.25, 0.3) is 0 Å². The van der Waals surface area contributed by atoms with Gasteiger partial charge in [-0.25, -0.2) is 13.6 Å². The van der Waals surface area contributed by atoms with Crippen LogP contribution in [0.4, 0.5) is 0 Å². The highest BCUT2D eigenvalue weighted by Gasteiger charge is 2.46. The molecular weight excluding hydrogens is 330 g/mol. The fraction of sp³-hybridized carbons (Fsp3) is 0.235. The number of Topliss-reactive ketones (excluding diaryl/α,β-unsaturated/α-hetero) is 1. The average Bonchev–Trinajstić information content (AvgIpc) is 3.15. The van der Waals surface area contributed by atoms with Crippen molar-refractivity contribution in [3.8, 4) is 0 Å². The summed E-state index contributed by atoms with van der Waals surface area (Å²) >= 11 is 0. The van der Waals surface area contributed by atoms with E-state index in [0.717, 1.165) is 0 Å². The highest BCUT2D eigenvalue weighted by Crippen LogP contribution is 2.43. The molecule has 1 atom stereocenters. The normalized spacial score (nSPS) is 21.2.